The number of benzene rings is 3. The lowest BCUT2D eigenvalue weighted by Crippen LogP contribution is -2.33. The van der Waals surface area contributed by atoms with E-state index in [0.717, 1.165) is 40.9 Å². The van der Waals surface area contributed by atoms with Crippen LogP contribution in [0.5, 0.6) is 0 Å². The number of carbonyl (C=O) groups excluding carboxylic acids is 4. The van der Waals surface area contributed by atoms with Crippen LogP contribution in [0.15, 0.2) is 82.6 Å². The molecule has 0 spiro atoms. The molecule has 1 saturated heterocycles. The predicted molar refractivity (Wildman–Crippen MR) is 179 cm³/mol. The second kappa shape index (κ2) is 13.2. The van der Waals surface area contributed by atoms with E-state index in [1.165, 1.54) is 41.0 Å². The first-order valence-corrected chi connectivity index (χ1v) is 16.8. The van der Waals surface area contributed by atoms with Gasteiger partial charge in [0.2, 0.25) is 17.7 Å². The molecule has 10 nitrogen and oxygen atoms in total. The summed E-state index contributed by atoms with van der Waals surface area (Å²) in [6.07, 6.45) is -4.83. The molecular weight excluding hydrogens is 682 g/mol. The van der Waals surface area contributed by atoms with E-state index in [-0.39, 0.29) is 11.6 Å². The smallest absolute Gasteiger partial charge is 0.418 e. The molecule has 2 aliphatic rings. The van der Waals surface area contributed by atoms with Crippen molar-refractivity contribution in [2.45, 2.75) is 35.8 Å². The number of thiazole rings is 1. The summed E-state index contributed by atoms with van der Waals surface area (Å²) in [4.78, 5) is 69.1. The van der Waals surface area contributed by atoms with Crippen LogP contribution < -0.4 is 20.0 Å². The number of alkyl halides is 3. The molecule has 0 radical (unpaired) electrons. The fraction of sp³-hybridized carbons (Fsp3) is 0.265. The Hall–Kier alpha value is -4.89. The zero-order chi connectivity index (χ0) is 35.2. The number of nitrogens with zero attached hydrogens (tertiary/aromatic N) is 3. The molecular formula is C34H29F3N4O6S2. The first kappa shape index (κ1) is 34.0. The zero-order valence-electron chi connectivity index (χ0n) is 26.3. The number of esters is 1. The van der Waals surface area contributed by atoms with Crippen LogP contribution in [-0.4, -0.2) is 54.2 Å². The van der Waals surface area contributed by atoms with E-state index in [4.69, 9.17) is 4.74 Å². The van der Waals surface area contributed by atoms with Gasteiger partial charge in [-0.05, 0) is 61.0 Å². The zero-order valence-corrected chi connectivity index (χ0v) is 27.9. The van der Waals surface area contributed by atoms with Gasteiger partial charge in [0, 0.05) is 36.3 Å². The van der Waals surface area contributed by atoms with Crippen LogP contribution in [0.3, 0.4) is 0 Å². The van der Waals surface area contributed by atoms with Gasteiger partial charge in [-0.3, -0.25) is 23.7 Å². The Balaban J connectivity index is 1.37. The van der Waals surface area contributed by atoms with Gasteiger partial charge >= 0.3 is 17.0 Å². The van der Waals surface area contributed by atoms with E-state index in [1.54, 1.807) is 19.1 Å². The molecule has 6 rings (SSSR count). The number of hydrogen-bond acceptors (Lipinski definition) is 9. The van der Waals surface area contributed by atoms with Crippen LogP contribution in [-0.2, 0) is 31.8 Å². The molecule has 0 unspecified atom stereocenters. The summed E-state index contributed by atoms with van der Waals surface area (Å²) >= 11 is 1.73. The molecule has 3 heterocycles. The molecule has 1 N–H and O–H groups in total. The highest BCUT2D eigenvalue weighted by Gasteiger charge is 2.57. The van der Waals surface area contributed by atoms with Gasteiger partial charge in [-0.1, -0.05) is 47.4 Å². The van der Waals surface area contributed by atoms with Crippen molar-refractivity contribution in [2.24, 2.45) is 5.92 Å². The van der Waals surface area contributed by atoms with Crippen molar-refractivity contribution < 1.29 is 37.1 Å². The van der Waals surface area contributed by atoms with Gasteiger partial charge in [-0.15, -0.1) is 0 Å². The fourth-order valence-corrected chi connectivity index (χ4v) is 8.76. The van der Waals surface area contributed by atoms with Gasteiger partial charge in [0.15, 0.2) is 0 Å². The van der Waals surface area contributed by atoms with Crippen LogP contribution in [0, 0.1) is 5.92 Å². The summed E-state index contributed by atoms with van der Waals surface area (Å²) in [5, 5.41) is 1.81. The number of nitrogens with one attached hydrogen (secondary N) is 1. The number of anilines is 3. The Labute approximate surface area is 286 Å². The Morgan fingerprint density at radius 2 is 1.61 bits per heavy atom. The van der Waals surface area contributed by atoms with Gasteiger partial charge < -0.3 is 15.0 Å². The average Bonchev–Trinajstić information content (AvgIpc) is 3.50. The summed E-state index contributed by atoms with van der Waals surface area (Å²) in [6, 6.07) is 17.6. The number of amides is 3. The summed E-state index contributed by atoms with van der Waals surface area (Å²) in [5.74, 6) is -4.70. The number of ether oxygens (including phenoxy) is 1. The highest BCUT2D eigenvalue weighted by Crippen LogP contribution is 2.54. The molecule has 3 atom stereocenters. The molecule has 0 saturated carbocycles. The third-order valence-electron chi connectivity index (χ3n) is 8.25. The molecule has 3 aromatic carbocycles. The molecule has 3 amide bonds. The third-order valence-corrected chi connectivity index (χ3v) is 10.9. The first-order chi connectivity index (χ1) is 23.3. The minimum Gasteiger partial charge on any atom is -0.462 e. The van der Waals surface area contributed by atoms with Crippen molar-refractivity contribution in [1.82, 2.24) is 4.57 Å². The number of carbonyl (C=O) groups is 4. The molecule has 1 aromatic heterocycles. The molecule has 2 aliphatic heterocycles. The lowest BCUT2D eigenvalue weighted by atomic mass is 9.83. The molecule has 0 bridgehead atoms. The highest BCUT2D eigenvalue weighted by atomic mass is 32.2. The quantitative estimate of drug-likeness (QED) is 0.186. The summed E-state index contributed by atoms with van der Waals surface area (Å²) in [7, 11) is 3.70. The maximum absolute atomic E-state index is 14.1. The van der Waals surface area contributed by atoms with E-state index < -0.39 is 69.6 Å². The van der Waals surface area contributed by atoms with E-state index in [1.807, 2.05) is 31.1 Å². The molecule has 49 heavy (non-hydrogen) atoms. The SMILES string of the molecule is CCOC(=O)c1ccc(NC(=O)Cn2c3c(sc2=O)[C@@H](c2ccc(N(C)C)cc2)[C@@H]2C(=O)N(c4ccccc4C(F)(F)F)C(=O)[C@@H]2S3)cc1. The minimum atomic E-state index is -4.83. The lowest BCUT2D eigenvalue weighted by molar-refractivity contribution is -0.137. The van der Waals surface area contributed by atoms with Crippen molar-refractivity contribution in [1.29, 1.82) is 0 Å². The van der Waals surface area contributed by atoms with E-state index >= 15 is 0 Å². The van der Waals surface area contributed by atoms with Crippen LogP contribution in [0.4, 0.5) is 30.2 Å². The van der Waals surface area contributed by atoms with Gasteiger partial charge in [0.1, 0.15) is 11.8 Å². The molecule has 0 aliphatic carbocycles. The second-order valence-electron chi connectivity index (χ2n) is 11.5. The molecule has 1 fully saturated rings. The number of fused-ring (bicyclic) bond motifs is 2. The maximum Gasteiger partial charge on any atom is 0.418 e. The summed E-state index contributed by atoms with van der Waals surface area (Å²) < 4.78 is 48.3. The molecule has 15 heteroatoms. The Morgan fingerprint density at radius 1 is 0.939 bits per heavy atom. The topological polar surface area (TPSA) is 118 Å². The van der Waals surface area contributed by atoms with E-state index in [9.17, 15) is 37.1 Å². The van der Waals surface area contributed by atoms with Gasteiger partial charge in [-0.25, -0.2) is 9.69 Å². The summed E-state index contributed by atoms with van der Waals surface area (Å²) in [5.41, 5.74) is 0.409. The van der Waals surface area contributed by atoms with E-state index in [2.05, 4.69) is 5.32 Å². The fourth-order valence-electron chi connectivity index (χ4n) is 5.99. The molecule has 4 aromatic rings. The number of aromatic nitrogens is 1. The Morgan fingerprint density at radius 3 is 2.24 bits per heavy atom. The van der Waals surface area contributed by atoms with Gasteiger partial charge in [0.05, 0.1) is 34.4 Å². The Bertz CT molecular complexity index is 2010. The number of halogens is 3. The molecule has 254 valence electrons. The first-order valence-electron chi connectivity index (χ1n) is 15.1. The van der Waals surface area contributed by atoms with Crippen LogP contribution in [0.2, 0.25) is 0 Å². The second-order valence-corrected chi connectivity index (χ2v) is 13.6. The lowest BCUT2D eigenvalue weighted by Gasteiger charge is -2.31. The largest absolute Gasteiger partial charge is 0.462 e. The van der Waals surface area contributed by atoms with Crippen molar-refractivity contribution in [2.75, 3.05) is 35.8 Å². The van der Waals surface area contributed by atoms with E-state index in [0.29, 0.717) is 26.6 Å². The van der Waals surface area contributed by atoms with Gasteiger partial charge in [-0.2, -0.15) is 13.2 Å². The number of thioether (sulfide) groups is 1. The number of hydrogen-bond donors (Lipinski definition) is 1. The number of imide groups is 1. The van der Waals surface area contributed by atoms with Gasteiger partial charge in [0.25, 0.3) is 0 Å². The maximum atomic E-state index is 14.1. The van der Waals surface area contributed by atoms with Crippen molar-refractivity contribution >= 4 is 63.9 Å². The third kappa shape index (κ3) is 6.35. The standard InChI is InChI=1S/C34H29F3N4O6S2/c1-4-47-32(45)19-9-13-20(14-10-19)38-24(42)17-40-31-28(49-33(40)46)25(18-11-15-21(16-12-18)39(2)3)26-27(48-31)30(44)41(29(26)43)23-8-6-5-7-22(23)34(35,36)37/h5-16,25-27H,4,17H2,1-3H3,(H,38,42)/t25-,26-,27+/m0/s1. The summed E-state index contributed by atoms with van der Waals surface area (Å²) in [6.45, 7) is 1.45. The van der Waals surface area contributed by atoms with Crippen molar-refractivity contribution in [3.63, 3.8) is 0 Å². The van der Waals surface area contributed by atoms with Crippen LogP contribution in [0.1, 0.15) is 39.2 Å². The van der Waals surface area contributed by atoms with Crippen molar-refractivity contribution in [3.05, 3.63) is 104 Å². The van der Waals surface area contributed by atoms with Crippen LogP contribution >= 0.6 is 23.1 Å². The highest BCUT2D eigenvalue weighted by molar-refractivity contribution is 8.00. The average molecular weight is 711 g/mol. The predicted octanol–water partition coefficient (Wildman–Crippen LogP) is 5.61. The van der Waals surface area contributed by atoms with Crippen molar-refractivity contribution in [3.8, 4) is 0 Å². The number of para-hydroxylation sites is 1. The Kier molecular flexibility index (Phi) is 9.15. The monoisotopic (exact) mass is 710 g/mol. The minimum absolute atomic E-state index is 0.206. The normalized spacial score (nSPS) is 18.6. The number of rotatable bonds is 8. The van der Waals surface area contributed by atoms with Crippen LogP contribution in [0.25, 0.3) is 0 Å².